The van der Waals surface area contributed by atoms with Crippen LogP contribution in [0.3, 0.4) is 0 Å². The molecule has 0 spiro atoms. The maximum absolute atomic E-state index is 6.38. The number of furan rings is 1. The summed E-state index contributed by atoms with van der Waals surface area (Å²) in [5.74, 6) is 2.23. The fourth-order valence-electron chi connectivity index (χ4n) is 3.06. The molecular formula is C18H20ClN3O3. The van der Waals surface area contributed by atoms with Gasteiger partial charge in [0, 0.05) is 5.56 Å². The molecule has 3 aromatic rings. The highest BCUT2D eigenvalue weighted by atomic mass is 35.5. The lowest BCUT2D eigenvalue weighted by atomic mass is 9.99. The van der Waals surface area contributed by atoms with Crippen LogP contribution in [0, 0.1) is 0 Å². The van der Waals surface area contributed by atoms with Crippen LogP contribution in [-0.2, 0) is 12.1 Å². The Balaban J connectivity index is 0.00000182. The highest BCUT2D eigenvalue weighted by molar-refractivity contribution is 5.85. The van der Waals surface area contributed by atoms with E-state index in [1.54, 1.807) is 6.26 Å². The molecule has 0 atom stereocenters. The number of hydrogen-bond acceptors (Lipinski definition) is 6. The Hall–Kier alpha value is -2.31. The van der Waals surface area contributed by atoms with E-state index in [2.05, 4.69) is 10.1 Å². The molecule has 0 amide bonds. The van der Waals surface area contributed by atoms with Crippen molar-refractivity contribution in [1.29, 1.82) is 0 Å². The van der Waals surface area contributed by atoms with Crippen LogP contribution in [0.1, 0.15) is 37.1 Å². The van der Waals surface area contributed by atoms with Crippen molar-refractivity contribution in [2.24, 2.45) is 5.73 Å². The second-order valence-corrected chi connectivity index (χ2v) is 6.16. The largest absolute Gasteiger partial charge is 0.489 e. The van der Waals surface area contributed by atoms with E-state index >= 15 is 0 Å². The zero-order valence-corrected chi connectivity index (χ0v) is 14.5. The first kappa shape index (κ1) is 17.5. The number of nitrogens with zero attached hydrogens (tertiary/aromatic N) is 2. The summed E-state index contributed by atoms with van der Waals surface area (Å²) in [6.07, 6.45) is 5.55. The van der Waals surface area contributed by atoms with Crippen molar-refractivity contribution in [2.75, 3.05) is 0 Å². The zero-order valence-electron chi connectivity index (χ0n) is 13.7. The summed E-state index contributed by atoms with van der Waals surface area (Å²) < 4.78 is 16.7. The molecule has 25 heavy (non-hydrogen) atoms. The van der Waals surface area contributed by atoms with Gasteiger partial charge < -0.3 is 19.4 Å². The molecular weight excluding hydrogens is 342 g/mol. The minimum absolute atomic E-state index is 0. The summed E-state index contributed by atoms with van der Waals surface area (Å²) >= 11 is 0. The van der Waals surface area contributed by atoms with Gasteiger partial charge in [-0.1, -0.05) is 36.2 Å². The second kappa shape index (κ2) is 7.29. The Kier molecular flexibility index (Phi) is 5.11. The molecule has 1 saturated carbocycles. The van der Waals surface area contributed by atoms with Crippen LogP contribution >= 0.6 is 12.4 Å². The SMILES string of the molecule is Cl.NC1(c2noc(-c3occc3COc3ccccc3)n2)CCCC1. The van der Waals surface area contributed by atoms with Gasteiger partial charge in [-0.2, -0.15) is 4.98 Å². The van der Waals surface area contributed by atoms with Gasteiger partial charge in [0.1, 0.15) is 12.4 Å². The summed E-state index contributed by atoms with van der Waals surface area (Å²) in [7, 11) is 0. The van der Waals surface area contributed by atoms with E-state index < -0.39 is 5.54 Å². The minimum Gasteiger partial charge on any atom is -0.489 e. The predicted molar refractivity (Wildman–Crippen MR) is 94.4 cm³/mol. The van der Waals surface area contributed by atoms with Gasteiger partial charge in [-0.25, -0.2) is 0 Å². The number of aromatic nitrogens is 2. The third-order valence-corrected chi connectivity index (χ3v) is 4.45. The molecule has 0 saturated heterocycles. The standard InChI is InChI=1S/C18H19N3O3.ClH/c19-18(9-4-5-10-18)17-20-16(24-21-17)15-13(8-11-22-15)12-23-14-6-2-1-3-7-14;/h1-3,6-8,11H,4-5,9-10,12,19H2;1H. The van der Waals surface area contributed by atoms with E-state index in [1.165, 1.54) is 0 Å². The minimum atomic E-state index is -0.477. The van der Waals surface area contributed by atoms with E-state index in [1.807, 2.05) is 36.4 Å². The summed E-state index contributed by atoms with van der Waals surface area (Å²) in [5.41, 5.74) is 6.76. The van der Waals surface area contributed by atoms with Crippen LogP contribution in [0.5, 0.6) is 5.75 Å². The van der Waals surface area contributed by atoms with Gasteiger partial charge in [0.2, 0.25) is 0 Å². The number of hydrogen-bond donors (Lipinski definition) is 1. The topological polar surface area (TPSA) is 87.3 Å². The van der Waals surface area contributed by atoms with Gasteiger partial charge in [-0.15, -0.1) is 12.4 Å². The third-order valence-electron chi connectivity index (χ3n) is 4.45. The molecule has 2 heterocycles. The molecule has 0 radical (unpaired) electrons. The molecule has 1 fully saturated rings. The third kappa shape index (κ3) is 3.55. The van der Waals surface area contributed by atoms with Gasteiger partial charge in [0.15, 0.2) is 11.6 Å². The van der Waals surface area contributed by atoms with Gasteiger partial charge in [-0.3, -0.25) is 0 Å². The average Bonchev–Trinajstić information content (AvgIpc) is 3.34. The van der Waals surface area contributed by atoms with Crippen molar-refractivity contribution >= 4 is 12.4 Å². The first-order valence-electron chi connectivity index (χ1n) is 8.12. The maximum Gasteiger partial charge on any atom is 0.294 e. The van der Waals surface area contributed by atoms with Crippen LogP contribution < -0.4 is 10.5 Å². The Morgan fingerprint density at radius 1 is 1.12 bits per heavy atom. The van der Waals surface area contributed by atoms with Crippen molar-refractivity contribution in [3.8, 4) is 17.4 Å². The van der Waals surface area contributed by atoms with E-state index in [0.717, 1.165) is 37.0 Å². The van der Waals surface area contributed by atoms with Crippen molar-refractivity contribution in [3.05, 3.63) is 54.0 Å². The molecule has 1 aliphatic rings. The monoisotopic (exact) mass is 361 g/mol. The summed E-state index contributed by atoms with van der Waals surface area (Å²) in [4.78, 5) is 4.47. The molecule has 0 bridgehead atoms. The summed E-state index contributed by atoms with van der Waals surface area (Å²) in [6.45, 7) is 0.362. The van der Waals surface area contributed by atoms with Gasteiger partial charge >= 0.3 is 0 Å². The first-order valence-corrected chi connectivity index (χ1v) is 8.12. The Labute approximate surface area is 151 Å². The number of benzene rings is 1. The van der Waals surface area contributed by atoms with Crippen molar-refractivity contribution in [2.45, 2.75) is 37.8 Å². The van der Waals surface area contributed by atoms with E-state index in [4.69, 9.17) is 19.4 Å². The molecule has 6 nitrogen and oxygen atoms in total. The summed E-state index contributed by atoms with van der Waals surface area (Å²) in [6, 6.07) is 11.5. The van der Waals surface area contributed by atoms with Gasteiger partial charge in [0.05, 0.1) is 11.8 Å². The second-order valence-electron chi connectivity index (χ2n) is 6.16. The lowest BCUT2D eigenvalue weighted by molar-refractivity contribution is 0.304. The molecule has 0 unspecified atom stereocenters. The van der Waals surface area contributed by atoms with Crippen molar-refractivity contribution in [3.63, 3.8) is 0 Å². The zero-order chi connectivity index (χ0) is 16.4. The van der Waals surface area contributed by atoms with Gasteiger partial charge in [0.25, 0.3) is 5.89 Å². The Bertz CT molecular complexity index is 810. The lowest BCUT2D eigenvalue weighted by Crippen LogP contribution is -2.34. The van der Waals surface area contributed by atoms with E-state index in [9.17, 15) is 0 Å². The van der Waals surface area contributed by atoms with Crippen LogP contribution in [-0.4, -0.2) is 10.1 Å². The number of halogens is 1. The molecule has 0 aliphatic heterocycles. The number of rotatable bonds is 5. The fraction of sp³-hybridized carbons (Fsp3) is 0.333. The van der Waals surface area contributed by atoms with Crippen LogP contribution in [0.4, 0.5) is 0 Å². The predicted octanol–water partition coefficient (Wildman–Crippen LogP) is 4.06. The molecule has 7 heteroatoms. The summed E-state index contributed by atoms with van der Waals surface area (Å²) in [5, 5.41) is 4.07. The highest BCUT2D eigenvalue weighted by Crippen LogP contribution is 2.36. The normalized spacial score (nSPS) is 15.7. The van der Waals surface area contributed by atoms with Crippen molar-refractivity contribution in [1.82, 2.24) is 10.1 Å². The lowest BCUT2D eigenvalue weighted by Gasteiger charge is -2.17. The van der Waals surface area contributed by atoms with Crippen LogP contribution in [0.25, 0.3) is 11.7 Å². The molecule has 1 aromatic carbocycles. The molecule has 2 aromatic heterocycles. The highest BCUT2D eigenvalue weighted by Gasteiger charge is 2.36. The van der Waals surface area contributed by atoms with Gasteiger partial charge in [-0.05, 0) is 31.0 Å². The Morgan fingerprint density at radius 2 is 1.88 bits per heavy atom. The average molecular weight is 362 g/mol. The molecule has 1 aliphatic carbocycles. The van der Waals surface area contributed by atoms with E-state index in [-0.39, 0.29) is 12.4 Å². The number of ether oxygens (including phenoxy) is 1. The molecule has 132 valence electrons. The van der Waals surface area contributed by atoms with Crippen molar-refractivity contribution < 1.29 is 13.7 Å². The van der Waals surface area contributed by atoms with Crippen LogP contribution in [0.15, 0.2) is 51.6 Å². The fourth-order valence-corrected chi connectivity index (χ4v) is 3.06. The number of nitrogens with two attached hydrogens (primary N) is 1. The van der Waals surface area contributed by atoms with E-state index in [0.29, 0.717) is 24.1 Å². The quantitative estimate of drug-likeness (QED) is 0.737. The number of para-hydroxylation sites is 1. The Morgan fingerprint density at radius 3 is 2.64 bits per heavy atom. The molecule has 4 rings (SSSR count). The molecule has 2 N–H and O–H groups in total. The first-order chi connectivity index (χ1) is 11.7. The smallest absolute Gasteiger partial charge is 0.294 e. The van der Waals surface area contributed by atoms with Crippen LogP contribution in [0.2, 0.25) is 0 Å². The maximum atomic E-state index is 6.38.